The van der Waals surface area contributed by atoms with Crippen LogP contribution in [-0.2, 0) is 0 Å². The normalized spacial score (nSPS) is 18.9. The first-order valence-corrected chi connectivity index (χ1v) is 11.4. The molecule has 188 valence electrons. The molecular formula is C29H24O8. The van der Waals surface area contributed by atoms with Gasteiger partial charge in [0, 0.05) is 29.2 Å². The first kappa shape index (κ1) is 23.9. The number of phenolic OH excluding ortho intramolecular Hbond substituents is 6. The van der Waals surface area contributed by atoms with Gasteiger partial charge >= 0.3 is 0 Å². The molecule has 0 aliphatic carbocycles. The molecule has 1 aliphatic heterocycles. The van der Waals surface area contributed by atoms with Crippen LogP contribution in [0.1, 0.15) is 39.8 Å². The van der Waals surface area contributed by atoms with Crippen LogP contribution in [0, 0.1) is 0 Å². The predicted octanol–water partition coefficient (Wildman–Crippen LogP) is 4.72. The van der Waals surface area contributed by atoms with Gasteiger partial charge in [-0.15, -0.1) is 0 Å². The topological polar surface area (TPSA) is 151 Å². The summed E-state index contributed by atoms with van der Waals surface area (Å²) in [5.41, 5.74) is 2.32. The van der Waals surface area contributed by atoms with Gasteiger partial charge in [-0.1, -0.05) is 36.4 Å². The van der Waals surface area contributed by atoms with Gasteiger partial charge in [-0.25, -0.2) is 0 Å². The number of ether oxygens (including phenoxy) is 1. The molecule has 37 heavy (non-hydrogen) atoms. The summed E-state index contributed by atoms with van der Waals surface area (Å²) in [6.45, 7) is 0. The van der Waals surface area contributed by atoms with Crippen molar-refractivity contribution in [1.82, 2.24) is 0 Å². The maximum Gasteiger partial charge on any atom is 0.157 e. The van der Waals surface area contributed by atoms with Gasteiger partial charge in [-0.3, -0.25) is 0 Å². The summed E-state index contributed by atoms with van der Waals surface area (Å²) >= 11 is 0. The molecule has 5 rings (SSSR count). The second kappa shape index (κ2) is 9.33. The Kier molecular flexibility index (Phi) is 6.02. The zero-order chi connectivity index (χ0) is 26.3. The van der Waals surface area contributed by atoms with E-state index in [2.05, 4.69) is 0 Å². The van der Waals surface area contributed by atoms with Crippen molar-refractivity contribution in [3.05, 3.63) is 101 Å². The van der Waals surface area contributed by atoms with Crippen LogP contribution in [0.5, 0.6) is 40.2 Å². The molecule has 0 amide bonds. The summed E-state index contributed by atoms with van der Waals surface area (Å²) in [5, 5.41) is 72.0. The van der Waals surface area contributed by atoms with Crippen molar-refractivity contribution in [3.63, 3.8) is 0 Å². The molecular weight excluding hydrogens is 476 g/mol. The Hall–Kier alpha value is -4.82. The van der Waals surface area contributed by atoms with E-state index in [1.165, 1.54) is 48.5 Å². The number of rotatable bonds is 4. The Bertz CT molecular complexity index is 1490. The van der Waals surface area contributed by atoms with Gasteiger partial charge in [0.1, 0.15) is 34.9 Å². The van der Waals surface area contributed by atoms with Gasteiger partial charge in [0.05, 0.1) is 0 Å². The van der Waals surface area contributed by atoms with Crippen molar-refractivity contribution in [2.45, 2.75) is 18.1 Å². The van der Waals surface area contributed by atoms with Crippen LogP contribution in [0.4, 0.5) is 0 Å². The van der Waals surface area contributed by atoms with Gasteiger partial charge in [0.15, 0.2) is 17.6 Å². The third kappa shape index (κ3) is 4.57. The largest absolute Gasteiger partial charge is 0.508 e. The molecule has 1 aliphatic rings. The lowest BCUT2D eigenvalue weighted by atomic mass is 9.78. The van der Waals surface area contributed by atoms with E-state index >= 15 is 0 Å². The van der Waals surface area contributed by atoms with Gasteiger partial charge in [-0.05, 0) is 53.1 Å². The molecule has 0 unspecified atom stereocenters. The molecule has 0 spiro atoms. The molecule has 0 bridgehead atoms. The highest BCUT2D eigenvalue weighted by Gasteiger charge is 2.41. The van der Waals surface area contributed by atoms with E-state index in [-0.39, 0.29) is 34.5 Å². The molecule has 4 aromatic carbocycles. The molecule has 0 radical (unpaired) electrons. The maximum absolute atomic E-state index is 11.6. The minimum absolute atomic E-state index is 0.0412. The third-order valence-corrected chi connectivity index (χ3v) is 6.40. The van der Waals surface area contributed by atoms with E-state index in [1.54, 1.807) is 36.4 Å². The van der Waals surface area contributed by atoms with Crippen molar-refractivity contribution in [2.75, 3.05) is 0 Å². The number of aliphatic hydroxyl groups is 1. The highest BCUT2D eigenvalue weighted by Crippen LogP contribution is 2.50. The summed E-state index contributed by atoms with van der Waals surface area (Å²) in [5.74, 6) is -1.55. The lowest BCUT2D eigenvalue weighted by Crippen LogP contribution is -2.35. The minimum Gasteiger partial charge on any atom is -0.508 e. The zero-order valence-electron chi connectivity index (χ0n) is 19.4. The van der Waals surface area contributed by atoms with Crippen molar-refractivity contribution >= 4 is 12.2 Å². The number of hydrogen-bond acceptors (Lipinski definition) is 8. The Balaban J connectivity index is 1.66. The second-order valence-corrected chi connectivity index (χ2v) is 8.87. The fraction of sp³-hybridized carbons (Fsp3) is 0.103. The number of aliphatic hydroxyl groups excluding tert-OH is 1. The maximum atomic E-state index is 11.6. The summed E-state index contributed by atoms with van der Waals surface area (Å²) in [6, 6.07) is 17.5. The predicted molar refractivity (Wildman–Crippen MR) is 136 cm³/mol. The molecule has 7 N–H and O–H groups in total. The van der Waals surface area contributed by atoms with Crippen LogP contribution < -0.4 is 4.74 Å². The average Bonchev–Trinajstić information content (AvgIpc) is 2.85. The third-order valence-electron chi connectivity index (χ3n) is 6.40. The molecule has 4 aromatic rings. The van der Waals surface area contributed by atoms with E-state index in [9.17, 15) is 35.7 Å². The SMILES string of the molecule is Oc1ccc([C@H]2Oc3cc(O)ccc3[C@H](c3c(O)cc(O)cc3C=Cc3ccc(O)c(O)c3)[C@H]2O)cc1. The standard InChI is InChI=1S/C29H24O8/c30-18-6-4-16(5-7-18)29-28(36)27(21-9-8-19(31)14-25(21)37-29)26-17(12-20(32)13-24(26)35)3-1-15-2-10-22(33)23(34)11-15/h1-14,27-36H/t27-,28-,29-/m1/s1. The smallest absolute Gasteiger partial charge is 0.157 e. The monoisotopic (exact) mass is 500 g/mol. The molecule has 8 nitrogen and oxygen atoms in total. The molecule has 0 fully saturated rings. The number of fused-ring (bicyclic) bond motifs is 1. The summed E-state index contributed by atoms with van der Waals surface area (Å²) in [7, 11) is 0. The molecule has 8 heteroatoms. The Morgan fingerprint density at radius 1 is 0.622 bits per heavy atom. The molecule has 0 aromatic heterocycles. The van der Waals surface area contributed by atoms with E-state index in [1.807, 2.05) is 0 Å². The van der Waals surface area contributed by atoms with Crippen molar-refractivity contribution in [2.24, 2.45) is 0 Å². The Morgan fingerprint density at radius 3 is 2.08 bits per heavy atom. The fourth-order valence-electron chi connectivity index (χ4n) is 4.65. The summed E-state index contributed by atoms with van der Waals surface area (Å²) < 4.78 is 6.07. The highest BCUT2D eigenvalue weighted by molar-refractivity contribution is 5.75. The molecule has 3 atom stereocenters. The average molecular weight is 501 g/mol. The van der Waals surface area contributed by atoms with Crippen LogP contribution in [0.2, 0.25) is 0 Å². The van der Waals surface area contributed by atoms with Crippen LogP contribution in [0.15, 0.2) is 72.8 Å². The first-order valence-electron chi connectivity index (χ1n) is 11.4. The highest BCUT2D eigenvalue weighted by atomic mass is 16.5. The van der Waals surface area contributed by atoms with Gasteiger partial charge < -0.3 is 40.5 Å². The van der Waals surface area contributed by atoms with Crippen LogP contribution in [0.3, 0.4) is 0 Å². The quantitative estimate of drug-likeness (QED) is 0.157. The number of phenols is 6. The first-order chi connectivity index (χ1) is 17.7. The van der Waals surface area contributed by atoms with E-state index in [0.717, 1.165) is 0 Å². The van der Waals surface area contributed by atoms with Crippen LogP contribution in [-0.4, -0.2) is 41.8 Å². The van der Waals surface area contributed by atoms with Gasteiger partial charge in [-0.2, -0.15) is 0 Å². The van der Waals surface area contributed by atoms with Crippen LogP contribution in [0.25, 0.3) is 12.2 Å². The summed E-state index contributed by atoms with van der Waals surface area (Å²) in [6.07, 6.45) is 1.12. The summed E-state index contributed by atoms with van der Waals surface area (Å²) in [4.78, 5) is 0. The molecule has 1 heterocycles. The number of hydrogen-bond donors (Lipinski definition) is 7. The Morgan fingerprint density at radius 2 is 1.35 bits per heavy atom. The van der Waals surface area contributed by atoms with Crippen molar-refractivity contribution < 1.29 is 40.5 Å². The fourth-order valence-corrected chi connectivity index (χ4v) is 4.65. The Labute approximate surface area is 211 Å². The van der Waals surface area contributed by atoms with Crippen molar-refractivity contribution in [1.29, 1.82) is 0 Å². The lowest BCUT2D eigenvalue weighted by molar-refractivity contribution is 0.00784. The van der Waals surface area contributed by atoms with Crippen molar-refractivity contribution in [3.8, 4) is 40.2 Å². The van der Waals surface area contributed by atoms with Crippen LogP contribution >= 0.6 is 0 Å². The molecule has 0 saturated carbocycles. The number of aromatic hydroxyl groups is 6. The van der Waals surface area contributed by atoms with E-state index in [0.29, 0.717) is 33.6 Å². The van der Waals surface area contributed by atoms with Gasteiger partial charge in [0.25, 0.3) is 0 Å². The minimum atomic E-state index is -1.21. The van der Waals surface area contributed by atoms with E-state index in [4.69, 9.17) is 4.74 Å². The molecule has 0 saturated heterocycles. The lowest BCUT2D eigenvalue weighted by Gasteiger charge is -2.38. The second-order valence-electron chi connectivity index (χ2n) is 8.87. The zero-order valence-corrected chi connectivity index (χ0v) is 19.4. The van der Waals surface area contributed by atoms with E-state index < -0.39 is 18.1 Å². The van der Waals surface area contributed by atoms with Gasteiger partial charge in [0.2, 0.25) is 0 Å². The number of benzene rings is 4.